The van der Waals surface area contributed by atoms with E-state index in [0.29, 0.717) is 22.3 Å². The number of hydrogen-bond acceptors (Lipinski definition) is 3. The Hall–Kier alpha value is -1.52. The fourth-order valence-corrected chi connectivity index (χ4v) is 1.58. The molecule has 0 fully saturated rings. The van der Waals surface area contributed by atoms with Crippen molar-refractivity contribution >= 4 is 40.6 Å². The molecule has 0 bridgehead atoms. The maximum atomic E-state index is 11.9. The molecular formula is C13H13Cl2NO3. The fourth-order valence-electron chi connectivity index (χ4n) is 1.25. The molecule has 4 nitrogen and oxygen atoms in total. The van der Waals surface area contributed by atoms with Crippen molar-refractivity contribution in [1.82, 2.24) is 0 Å². The number of Topliss-reactive ketones (excluding diaryl/α,β-unsaturated/α-hetero) is 1. The number of carbonyl (C=O) groups is 2. The Balaban J connectivity index is 2.93. The van der Waals surface area contributed by atoms with Crippen LogP contribution in [0.2, 0.25) is 10.0 Å². The largest absolute Gasteiger partial charge is 0.501 e. The summed E-state index contributed by atoms with van der Waals surface area (Å²) < 4.78 is 4.97. The molecule has 0 saturated carbocycles. The molecule has 0 atom stereocenters. The van der Waals surface area contributed by atoms with Gasteiger partial charge in [-0.1, -0.05) is 23.2 Å². The van der Waals surface area contributed by atoms with Crippen molar-refractivity contribution in [3.63, 3.8) is 0 Å². The highest BCUT2D eigenvalue weighted by Gasteiger charge is 2.16. The first-order valence-electron chi connectivity index (χ1n) is 5.54. The van der Waals surface area contributed by atoms with Crippen LogP contribution in [0, 0.1) is 0 Å². The molecule has 1 amide bonds. The highest BCUT2D eigenvalue weighted by molar-refractivity contribution is 6.36. The lowest BCUT2D eigenvalue weighted by molar-refractivity contribution is -0.119. The van der Waals surface area contributed by atoms with E-state index in [2.05, 4.69) is 5.32 Å². The van der Waals surface area contributed by atoms with Crippen LogP contribution in [-0.2, 0) is 14.3 Å². The summed E-state index contributed by atoms with van der Waals surface area (Å²) >= 11 is 11.7. The van der Waals surface area contributed by atoms with E-state index in [4.69, 9.17) is 27.9 Å². The van der Waals surface area contributed by atoms with E-state index >= 15 is 0 Å². The molecule has 0 aliphatic rings. The van der Waals surface area contributed by atoms with Crippen LogP contribution in [0.25, 0.3) is 0 Å². The molecule has 102 valence electrons. The Morgan fingerprint density at radius 1 is 1.37 bits per heavy atom. The first kappa shape index (κ1) is 15.5. The number of halogens is 2. The SMILES string of the molecule is CCOC=C(C(C)=O)C(=O)Nc1cc(Cl)ccc1Cl. The predicted octanol–water partition coefficient (Wildman–Crippen LogP) is 3.44. The lowest BCUT2D eigenvalue weighted by Crippen LogP contribution is -2.19. The molecule has 0 aromatic heterocycles. The van der Waals surface area contributed by atoms with Gasteiger partial charge < -0.3 is 10.1 Å². The van der Waals surface area contributed by atoms with E-state index < -0.39 is 11.7 Å². The zero-order valence-electron chi connectivity index (χ0n) is 10.5. The summed E-state index contributed by atoms with van der Waals surface area (Å²) in [5, 5.41) is 3.28. The van der Waals surface area contributed by atoms with Crippen LogP contribution < -0.4 is 5.32 Å². The van der Waals surface area contributed by atoms with Crippen molar-refractivity contribution < 1.29 is 14.3 Å². The highest BCUT2D eigenvalue weighted by atomic mass is 35.5. The van der Waals surface area contributed by atoms with E-state index in [1.54, 1.807) is 19.1 Å². The van der Waals surface area contributed by atoms with Gasteiger partial charge in [0.2, 0.25) is 0 Å². The van der Waals surface area contributed by atoms with Gasteiger partial charge in [0.25, 0.3) is 5.91 Å². The van der Waals surface area contributed by atoms with Crippen LogP contribution >= 0.6 is 23.2 Å². The molecule has 6 heteroatoms. The van der Waals surface area contributed by atoms with Crippen molar-refractivity contribution in [1.29, 1.82) is 0 Å². The van der Waals surface area contributed by atoms with Gasteiger partial charge in [0.1, 0.15) is 5.57 Å². The third-order valence-electron chi connectivity index (χ3n) is 2.17. The standard InChI is InChI=1S/C13H13Cl2NO3/c1-3-19-7-10(8(2)17)13(18)16-12-6-9(14)4-5-11(12)15/h4-7H,3H2,1-2H3,(H,16,18). The predicted molar refractivity (Wildman–Crippen MR) is 75.5 cm³/mol. The molecule has 1 aromatic carbocycles. The molecule has 0 heterocycles. The van der Waals surface area contributed by atoms with Crippen molar-refractivity contribution in [3.8, 4) is 0 Å². The van der Waals surface area contributed by atoms with Crippen molar-refractivity contribution in [2.75, 3.05) is 11.9 Å². The van der Waals surface area contributed by atoms with E-state index in [0.717, 1.165) is 6.26 Å². The summed E-state index contributed by atoms with van der Waals surface area (Å²) in [5.41, 5.74) is 0.251. The van der Waals surface area contributed by atoms with Crippen molar-refractivity contribution in [2.45, 2.75) is 13.8 Å². The number of nitrogens with one attached hydrogen (secondary N) is 1. The molecule has 1 rings (SSSR count). The second kappa shape index (κ2) is 7.16. The molecule has 1 N–H and O–H groups in total. The summed E-state index contributed by atoms with van der Waals surface area (Å²) in [5.74, 6) is -0.991. The minimum absolute atomic E-state index is 0.0853. The van der Waals surface area contributed by atoms with Gasteiger partial charge in [-0.15, -0.1) is 0 Å². The Morgan fingerprint density at radius 2 is 2.05 bits per heavy atom. The number of carbonyl (C=O) groups excluding carboxylic acids is 2. The summed E-state index contributed by atoms with van der Waals surface area (Å²) in [6.45, 7) is 3.39. The van der Waals surface area contributed by atoms with E-state index in [-0.39, 0.29) is 5.57 Å². The van der Waals surface area contributed by atoms with Crippen LogP contribution in [0.3, 0.4) is 0 Å². The molecule has 0 unspecified atom stereocenters. The average molecular weight is 302 g/mol. The van der Waals surface area contributed by atoms with Gasteiger partial charge in [-0.2, -0.15) is 0 Å². The van der Waals surface area contributed by atoms with E-state index in [1.807, 2.05) is 0 Å². The highest BCUT2D eigenvalue weighted by Crippen LogP contribution is 2.25. The van der Waals surface area contributed by atoms with E-state index in [9.17, 15) is 9.59 Å². The molecule has 0 aliphatic carbocycles. The second-order valence-electron chi connectivity index (χ2n) is 3.62. The number of hydrogen-bond donors (Lipinski definition) is 1. The fraction of sp³-hybridized carbons (Fsp3) is 0.231. The Morgan fingerprint density at radius 3 is 2.63 bits per heavy atom. The number of anilines is 1. The molecule has 0 radical (unpaired) electrons. The van der Waals surface area contributed by atoms with Gasteiger partial charge in [-0.05, 0) is 32.0 Å². The van der Waals surface area contributed by atoms with Crippen LogP contribution in [-0.4, -0.2) is 18.3 Å². The average Bonchev–Trinajstić information content (AvgIpc) is 2.34. The maximum absolute atomic E-state index is 11.9. The number of benzene rings is 1. The smallest absolute Gasteiger partial charge is 0.262 e. The van der Waals surface area contributed by atoms with Crippen LogP contribution in [0.15, 0.2) is 30.0 Å². The van der Waals surface area contributed by atoms with Crippen LogP contribution in [0.1, 0.15) is 13.8 Å². The zero-order valence-corrected chi connectivity index (χ0v) is 12.0. The molecule has 0 aliphatic heterocycles. The first-order chi connectivity index (χ1) is 8.95. The maximum Gasteiger partial charge on any atom is 0.262 e. The van der Waals surface area contributed by atoms with Gasteiger partial charge in [-0.25, -0.2) is 0 Å². The minimum Gasteiger partial charge on any atom is -0.501 e. The quantitative estimate of drug-likeness (QED) is 0.392. The molecule has 0 saturated heterocycles. The lowest BCUT2D eigenvalue weighted by Gasteiger charge is -2.08. The van der Waals surface area contributed by atoms with E-state index in [1.165, 1.54) is 13.0 Å². The van der Waals surface area contributed by atoms with Crippen molar-refractivity contribution in [3.05, 3.63) is 40.1 Å². The third-order valence-corrected chi connectivity index (χ3v) is 2.73. The van der Waals surface area contributed by atoms with Gasteiger partial charge in [0.15, 0.2) is 5.78 Å². The van der Waals surface area contributed by atoms with Crippen LogP contribution in [0.5, 0.6) is 0 Å². The Kier molecular flexibility index (Phi) is 5.86. The molecule has 1 aromatic rings. The summed E-state index contributed by atoms with van der Waals surface area (Å²) in [4.78, 5) is 23.3. The second-order valence-corrected chi connectivity index (χ2v) is 4.46. The summed E-state index contributed by atoms with van der Waals surface area (Å²) in [6, 6.07) is 4.65. The number of amides is 1. The van der Waals surface area contributed by atoms with Gasteiger partial charge in [0, 0.05) is 5.02 Å². The van der Waals surface area contributed by atoms with Crippen LogP contribution in [0.4, 0.5) is 5.69 Å². The number of rotatable bonds is 5. The normalized spacial score (nSPS) is 11.1. The molecular weight excluding hydrogens is 289 g/mol. The summed E-state index contributed by atoms with van der Waals surface area (Å²) in [7, 11) is 0. The topological polar surface area (TPSA) is 55.4 Å². The lowest BCUT2D eigenvalue weighted by atomic mass is 10.2. The van der Waals surface area contributed by atoms with Crippen molar-refractivity contribution in [2.24, 2.45) is 0 Å². The number of ketones is 1. The number of ether oxygens (including phenoxy) is 1. The minimum atomic E-state index is -0.592. The molecule has 19 heavy (non-hydrogen) atoms. The Labute approximate surface area is 121 Å². The van der Waals surface area contributed by atoms with Gasteiger partial charge in [-0.3, -0.25) is 9.59 Å². The monoisotopic (exact) mass is 301 g/mol. The third kappa shape index (κ3) is 4.58. The zero-order chi connectivity index (χ0) is 14.4. The Bertz CT molecular complexity index is 527. The van der Waals surface area contributed by atoms with Gasteiger partial charge in [0.05, 0.1) is 23.6 Å². The van der Waals surface area contributed by atoms with Gasteiger partial charge >= 0.3 is 0 Å². The first-order valence-corrected chi connectivity index (χ1v) is 6.30. The molecule has 0 spiro atoms. The summed E-state index contributed by atoms with van der Waals surface area (Å²) in [6.07, 6.45) is 1.14.